The molecule has 0 aliphatic carbocycles. The smallest absolute Gasteiger partial charge is 0.261 e. The van der Waals surface area contributed by atoms with E-state index in [4.69, 9.17) is 9.47 Å². The number of amides is 1. The predicted molar refractivity (Wildman–Crippen MR) is 90.9 cm³/mol. The van der Waals surface area contributed by atoms with Crippen molar-refractivity contribution >= 4 is 5.91 Å². The number of hydrogen-bond donors (Lipinski definition) is 1. The summed E-state index contributed by atoms with van der Waals surface area (Å²) in [5.74, 6) is 1.34. The fourth-order valence-corrected chi connectivity index (χ4v) is 2.23. The van der Waals surface area contributed by atoms with E-state index in [-0.39, 0.29) is 5.91 Å². The van der Waals surface area contributed by atoms with Crippen LogP contribution < -0.4 is 14.8 Å². The maximum Gasteiger partial charge on any atom is 0.261 e. The lowest BCUT2D eigenvalue weighted by Gasteiger charge is -2.17. The molecule has 0 unspecified atom stereocenters. The first-order chi connectivity index (χ1) is 11.2. The van der Waals surface area contributed by atoms with Crippen molar-refractivity contribution in [3.05, 3.63) is 60.2 Å². The molecule has 122 valence electrons. The van der Waals surface area contributed by atoms with Crippen molar-refractivity contribution in [2.75, 3.05) is 13.7 Å². The van der Waals surface area contributed by atoms with Crippen LogP contribution in [0.25, 0.3) is 0 Å². The molecular weight excluding hydrogens is 290 g/mol. The van der Waals surface area contributed by atoms with E-state index in [0.29, 0.717) is 18.7 Å². The van der Waals surface area contributed by atoms with Crippen molar-refractivity contribution in [3.63, 3.8) is 0 Å². The van der Waals surface area contributed by atoms with Gasteiger partial charge in [0.15, 0.2) is 6.10 Å². The zero-order valence-corrected chi connectivity index (χ0v) is 13.6. The molecule has 1 amide bonds. The Balaban J connectivity index is 1.82. The molecule has 1 atom stereocenters. The Morgan fingerprint density at radius 3 is 2.30 bits per heavy atom. The van der Waals surface area contributed by atoms with Gasteiger partial charge >= 0.3 is 0 Å². The summed E-state index contributed by atoms with van der Waals surface area (Å²) in [5, 5.41) is 2.94. The molecule has 1 N–H and O–H groups in total. The lowest BCUT2D eigenvalue weighted by molar-refractivity contribution is -0.128. The van der Waals surface area contributed by atoms with E-state index >= 15 is 0 Å². The van der Waals surface area contributed by atoms with Crippen LogP contribution in [0.1, 0.15) is 18.9 Å². The molecule has 4 nitrogen and oxygen atoms in total. The van der Waals surface area contributed by atoms with E-state index < -0.39 is 6.10 Å². The average molecular weight is 313 g/mol. The molecule has 0 aliphatic rings. The Labute approximate surface area is 137 Å². The average Bonchev–Trinajstić information content (AvgIpc) is 2.61. The monoisotopic (exact) mass is 313 g/mol. The Morgan fingerprint density at radius 2 is 1.70 bits per heavy atom. The van der Waals surface area contributed by atoms with Gasteiger partial charge in [0.1, 0.15) is 11.5 Å². The minimum atomic E-state index is -0.487. The van der Waals surface area contributed by atoms with Gasteiger partial charge in [0.2, 0.25) is 0 Å². The molecule has 0 spiro atoms. The number of benzene rings is 2. The molecule has 0 aromatic heterocycles. The van der Waals surface area contributed by atoms with Gasteiger partial charge in [-0.15, -0.1) is 0 Å². The van der Waals surface area contributed by atoms with Crippen molar-refractivity contribution in [2.45, 2.75) is 25.9 Å². The molecule has 0 saturated heterocycles. The van der Waals surface area contributed by atoms with Crippen LogP contribution in [0.3, 0.4) is 0 Å². The summed E-state index contributed by atoms with van der Waals surface area (Å²) in [5.41, 5.74) is 1.21. The van der Waals surface area contributed by atoms with Crippen LogP contribution in [0.2, 0.25) is 0 Å². The quantitative estimate of drug-likeness (QED) is 0.814. The van der Waals surface area contributed by atoms with Gasteiger partial charge in [-0.3, -0.25) is 4.79 Å². The number of methoxy groups -OCH3 is 1. The number of carbonyl (C=O) groups excluding carboxylic acids is 1. The minimum Gasteiger partial charge on any atom is -0.497 e. The van der Waals surface area contributed by atoms with Crippen molar-refractivity contribution in [1.82, 2.24) is 5.32 Å². The Kier molecular flexibility index (Phi) is 6.48. The van der Waals surface area contributed by atoms with E-state index in [9.17, 15) is 4.79 Å². The highest BCUT2D eigenvalue weighted by atomic mass is 16.5. The van der Waals surface area contributed by atoms with Crippen LogP contribution in [-0.4, -0.2) is 25.7 Å². The number of hydrogen-bond acceptors (Lipinski definition) is 3. The summed E-state index contributed by atoms with van der Waals surface area (Å²) in [6.07, 6.45) is 0.938. The van der Waals surface area contributed by atoms with Gasteiger partial charge in [-0.25, -0.2) is 0 Å². The number of nitrogens with one attached hydrogen (secondary N) is 1. The van der Waals surface area contributed by atoms with Crippen molar-refractivity contribution in [2.24, 2.45) is 0 Å². The maximum absolute atomic E-state index is 12.2. The lowest BCUT2D eigenvalue weighted by atomic mass is 10.1. The lowest BCUT2D eigenvalue weighted by Crippen LogP contribution is -2.38. The third-order valence-electron chi connectivity index (χ3n) is 3.56. The van der Waals surface area contributed by atoms with E-state index in [1.165, 1.54) is 5.56 Å². The molecule has 0 fully saturated rings. The third-order valence-corrected chi connectivity index (χ3v) is 3.56. The van der Waals surface area contributed by atoms with Crippen LogP contribution in [-0.2, 0) is 11.2 Å². The van der Waals surface area contributed by atoms with Gasteiger partial charge in [0.25, 0.3) is 5.91 Å². The van der Waals surface area contributed by atoms with Gasteiger partial charge in [-0.1, -0.05) is 37.3 Å². The molecule has 0 aliphatic heterocycles. The second kappa shape index (κ2) is 8.83. The SMILES string of the molecule is CC[C@@H](Oc1ccc(OC)cc1)C(=O)NCCc1ccccc1. The molecular formula is C19H23NO3. The molecule has 0 saturated carbocycles. The first-order valence-corrected chi connectivity index (χ1v) is 7.85. The molecule has 4 heteroatoms. The Bertz CT molecular complexity index is 596. The minimum absolute atomic E-state index is 0.0840. The molecule has 2 aromatic carbocycles. The zero-order valence-electron chi connectivity index (χ0n) is 13.6. The molecule has 0 bridgehead atoms. The van der Waals surface area contributed by atoms with Crippen LogP contribution in [0.4, 0.5) is 0 Å². The first kappa shape index (κ1) is 16.9. The van der Waals surface area contributed by atoms with Crippen molar-refractivity contribution < 1.29 is 14.3 Å². The van der Waals surface area contributed by atoms with Crippen molar-refractivity contribution in [1.29, 1.82) is 0 Å². The third kappa shape index (κ3) is 5.33. The standard InChI is InChI=1S/C19H23NO3/c1-3-18(23-17-11-9-16(22-2)10-12-17)19(21)20-14-13-15-7-5-4-6-8-15/h4-12,18H,3,13-14H2,1-2H3,(H,20,21)/t18-/m1/s1. The Morgan fingerprint density at radius 1 is 1.04 bits per heavy atom. The zero-order chi connectivity index (χ0) is 16.5. The molecule has 0 radical (unpaired) electrons. The van der Waals surface area contributed by atoms with Crippen molar-refractivity contribution in [3.8, 4) is 11.5 Å². The second-order valence-electron chi connectivity index (χ2n) is 5.22. The number of carbonyl (C=O) groups is 1. The van der Waals surface area contributed by atoms with E-state index in [0.717, 1.165) is 12.2 Å². The second-order valence-corrected chi connectivity index (χ2v) is 5.22. The summed E-state index contributed by atoms with van der Waals surface area (Å²) in [7, 11) is 1.62. The van der Waals surface area contributed by atoms with Crippen LogP contribution in [0, 0.1) is 0 Å². The van der Waals surface area contributed by atoms with Crippen LogP contribution in [0.5, 0.6) is 11.5 Å². The highest BCUT2D eigenvalue weighted by molar-refractivity contribution is 5.81. The first-order valence-electron chi connectivity index (χ1n) is 7.85. The van der Waals surface area contributed by atoms with E-state index in [2.05, 4.69) is 17.4 Å². The van der Waals surface area contributed by atoms with Crippen LogP contribution in [0.15, 0.2) is 54.6 Å². The highest BCUT2D eigenvalue weighted by Gasteiger charge is 2.17. The summed E-state index contributed by atoms with van der Waals surface area (Å²) in [6.45, 7) is 2.54. The normalized spacial score (nSPS) is 11.6. The molecule has 0 heterocycles. The number of ether oxygens (including phenoxy) is 2. The fraction of sp³-hybridized carbons (Fsp3) is 0.316. The fourth-order valence-electron chi connectivity index (χ4n) is 2.23. The van der Waals surface area contributed by atoms with Gasteiger partial charge in [-0.05, 0) is 42.7 Å². The van der Waals surface area contributed by atoms with E-state index in [1.807, 2.05) is 37.3 Å². The number of rotatable bonds is 8. The summed E-state index contributed by atoms with van der Waals surface area (Å²) >= 11 is 0. The molecule has 2 rings (SSSR count). The van der Waals surface area contributed by atoms with Crippen LogP contribution >= 0.6 is 0 Å². The summed E-state index contributed by atoms with van der Waals surface area (Å²) in [4.78, 5) is 12.2. The van der Waals surface area contributed by atoms with Gasteiger partial charge in [0.05, 0.1) is 7.11 Å². The van der Waals surface area contributed by atoms with Gasteiger partial charge in [-0.2, -0.15) is 0 Å². The maximum atomic E-state index is 12.2. The summed E-state index contributed by atoms with van der Waals surface area (Å²) in [6, 6.07) is 17.3. The topological polar surface area (TPSA) is 47.6 Å². The predicted octanol–water partition coefficient (Wildman–Crippen LogP) is 3.21. The largest absolute Gasteiger partial charge is 0.497 e. The molecule has 2 aromatic rings. The van der Waals surface area contributed by atoms with Gasteiger partial charge < -0.3 is 14.8 Å². The van der Waals surface area contributed by atoms with E-state index in [1.54, 1.807) is 19.2 Å². The highest BCUT2D eigenvalue weighted by Crippen LogP contribution is 2.18. The van der Waals surface area contributed by atoms with Gasteiger partial charge in [0, 0.05) is 6.54 Å². The molecule has 23 heavy (non-hydrogen) atoms. The Hall–Kier alpha value is -2.49. The summed E-state index contributed by atoms with van der Waals surface area (Å²) < 4.78 is 10.9.